The van der Waals surface area contributed by atoms with E-state index in [0.717, 1.165) is 9.78 Å². The summed E-state index contributed by atoms with van der Waals surface area (Å²) in [7, 11) is 0. The fourth-order valence-corrected chi connectivity index (χ4v) is 3.24. The number of nitrogens with one attached hydrogen (secondary N) is 1. The summed E-state index contributed by atoms with van der Waals surface area (Å²) in [4.78, 5) is 38.0. The second-order valence-corrected chi connectivity index (χ2v) is 6.46. The number of nitrogens with zero attached hydrogens (tertiary/aromatic N) is 3. The third-order valence-corrected chi connectivity index (χ3v) is 4.65. The molecule has 1 saturated heterocycles. The van der Waals surface area contributed by atoms with E-state index in [9.17, 15) is 14.4 Å². The van der Waals surface area contributed by atoms with Crippen molar-refractivity contribution in [1.29, 1.82) is 0 Å². The Morgan fingerprint density at radius 1 is 1.12 bits per heavy atom. The number of rotatable bonds is 4. The summed E-state index contributed by atoms with van der Waals surface area (Å²) in [6.45, 7) is 0. The molecule has 1 aliphatic heterocycles. The minimum absolute atomic E-state index is 0.0304. The average molecular weight is 368 g/mol. The molecule has 1 N–H and O–H groups in total. The van der Waals surface area contributed by atoms with Crippen LogP contribution in [0.5, 0.6) is 0 Å². The van der Waals surface area contributed by atoms with Crippen LogP contribution in [0.15, 0.2) is 46.2 Å². The van der Waals surface area contributed by atoms with Crippen LogP contribution in [0.4, 0.5) is 11.7 Å². The van der Waals surface area contributed by atoms with Gasteiger partial charge in [0.15, 0.2) is 0 Å². The maximum absolute atomic E-state index is 12.4. The van der Waals surface area contributed by atoms with E-state index in [0.29, 0.717) is 11.6 Å². The molecule has 26 heavy (non-hydrogen) atoms. The second-order valence-electron chi connectivity index (χ2n) is 5.52. The molecule has 2 aromatic heterocycles. The summed E-state index contributed by atoms with van der Waals surface area (Å²) in [6, 6.07) is 9.92. The second kappa shape index (κ2) is 6.52. The molecule has 0 radical (unpaired) electrons. The van der Waals surface area contributed by atoms with Crippen molar-refractivity contribution in [3.8, 4) is 10.8 Å². The van der Waals surface area contributed by atoms with Crippen molar-refractivity contribution >= 4 is 40.8 Å². The van der Waals surface area contributed by atoms with Crippen LogP contribution in [0, 0.1) is 0 Å². The first kappa shape index (κ1) is 16.2. The minimum atomic E-state index is -0.479. The Kier molecular flexibility index (Phi) is 4.05. The number of thiophene rings is 1. The fraction of sp³-hybridized carbons (Fsp3) is 0.118. The van der Waals surface area contributed by atoms with Gasteiger partial charge in [-0.05, 0) is 29.6 Å². The highest BCUT2D eigenvalue weighted by molar-refractivity contribution is 7.13. The monoisotopic (exact) mass is 368 g/mol. The number of aromatic nitrogens is 2. The zero-order chi connectivity index (χ0) is 18.1. The molecule has 8 nitrogen and oxygen atoms in total. The van der Waals surface area contributed by atoms with E-state index in [1.54, 1.807) is 18.2 Å². The van der Waals surface area contributed by atoms with Gasteiger partial charge in [0, 0.05) is 18.4 Å². The Bertz CT molecular complexity index is 980. The predicted molar refractivity (Wildman–Crippen MR) is 93.7 cm³/mol. The standard InChI is InChI=1S/C17H12N4O4S/c22-13-6-7-14(23)21(13)11-4-1-3-10(9-11)15(24)18-17-20-19-16(25-17)12-5-2-8-26-12/h1-5,8-9H,6-7H2,(H,18,20,24). The highest BCUT2D eigenvalue weighted by Crippen LogP contribution is 2.26. The molecule has 130 valence electrons. The Labute approximate surface area is 151 Å². The smallest absolute Gasteiger partial charge is 0.322 e. The number of carbonyl (C=O) groups is 3. The molecule has 3 amide bonds. The molecule has 1 aliphatic rings. The number of hydrogen-bond acceptors (Lipinski definition) is 7. The summed E-state index contributed by atoms with van der Waals surface area (Å²) in [5.74, 6) is -0.709. The molecule has 0 aliphatic carbocycles. The maximum atomic E-state index is 12.4. The van der Waals surface area contributed by atoms with Crippen LogP contribution in [0.25, 0.3) is 10.8 Å². The van der Waals surface area contributed by atoms with Crippen molar-refractivity contribution in [1.82, 2.24) is 10.2 Å². The first-order chi connectivity index (χ1) is 12.6. The molecule has 0 unspecified atom stereocenters. The zero-order valence-corrected chi connectivity index (χ0v) is 14.2. The molecule has 3 heterocycles. The van der Waals surface area contributed by atoms with E-state index in [1.165, 1.54) is 17.4 Å². The van der Waals surface area contributed by atoms with Gasteiger partial charge >= 0.3 is 6.01 Å². The number of benzene rings is 1. The molecule has 4 rings (SSSR count). The third kappa shape index (κ3) is 3.00. The molecule has 9 heteroatoms. The number of amides is 3. The summed E-state index contributed by atoms with van der Waals surface area (Å²) in [6.07, 6.45) is 0.367. The molecule has 1 aromatic carbocycles. The molecular weight excluding hydrogens is 356 g/mol. The third-order valence-electron chi connectivity index (χ3n) is 3.80. The highest BCUT2D eigenvalue weighted by atomic mass is 32.1. The molecule has 0 atom stereocenters. The van der Waals surface area contributed by atoms with Gasteiger partial charge in [0.2, 0.25) is 11.8 Å². The Morgan fingerprint density at radius 3 is 2.65 bits per heavy atom. The Morgan fingerprint density at radius 2 is 1.92 bits per heavy atom. The van der Waals surface area contributed by atoms with E-state index >= 15 is 0 Å². The molecule has 3 aromatic rings. The average Bonchev–Trinajstić information content (AvgIpc) is 3.37. The first-order valence-electron chi connectivity index (χ1n) is 7.76. The van der Waals surface area contributed by atoms with Crippen molar-refractivity contribution in [2.75, 3.05) is 10.2 Å². The van der Waals surface area contributed by atoms with Crippen molar-refractivity contribution in [2.24, 2.45) is 0 Å². The van der Waals surface area contributed by atoms with E-state index in [1.807, 2.05) is 17.5 Å². The van der Waals surface area contributed by atoms with Gasteiger partial charge < -0.3 is 4.42 Å². The summed E-state index contributed by atoms with van der Waals surface area (Å²) in [5.41, 5.74) is 0.640. The van der Waals surface area contributed by atoms with E-state index < -0.39 is 5.91 Å². The lowest BCUT2D eigenvalue weighted by Crippen LogP contribution is -2.28. The lowest BCUT2D eigenvalue weighted by molar-refractivity contribution is -0.121. The van der Waals surface area contributed by atoms with E-state index in [4.69, 9.17) is 4.42 Å². The Hall–Kier alpha value is -3.33. The van der Waals surface area contributed by atoms with Crippen LogP contribution in [0.1, 0.15) is 23.2 Å². The van der Waals surface area contributed by atoms with Gasteiger partial charge in [-0.15, -0.1) is 16.4 Å². The SMILES string of the molecule is O=C(Nc1nnc(-c2cccs2)o1)c1cccc(N2C(=O)CCC2=O)c1. The maximum Gasteiger partial charge on any atom is 0.322 e. The van der Waals surface area contributed by atoms with Crippen LogP contribution in [0.3, 0.4) is 0 Å². The zero-order valence-electron chi connectivity index (χ0n) is 13.3. The van der Waals surface area contributed by atoms with Gasteiger partial charge in [-0.2, -0.15) is 0 Å². The summed E-state index contributed by atoms with van der Waals surface area (Å²) in [5, 5.41) is 12.1. The van der Waals surface area contributed by atoms with Gasteiger partial charge in [0.25, 0.3) is 11.8 Å². The van der Waals surface area contributed by atoms with E-state index in [-0.39, 0.29) is 36.2 Å². The fourth-order valence-electron chi connectivity index (χ4n) is 2.59. The van der Waals surface area contributed by atoms with Gasteiger partial charge in [0.1, 0.15) is 0 Å². The molecule has 0 saturated carbocycles. The van der Waals surface area contributed by atoms with Gasteiger partial charge in [-0.1, -0.05) is 17.2 Å². The normalized spacial score (nSPS) is 14.1. The number of anilines is 2. The number of imide groups is 1. The topological polar surface area (TPSA) is 105 Å². The summed E-state index contributed by atoms with van der Waals surface area (Å²) < 4.78 is 5.42. The summed E-state index contributed by atoms with van der Waals surface area (Å²) >= 11 is 1.44. The molecule has 1 fully saturated rings. The quantitative estimate of drug-likeness (QED) is 0.710. The first-order valence-corrected chi connectivity index (χ1v) is 8.64. The lowest BCUT2D eigenvalue weighted by atomic mass is 10.2. The largest absolute Gasteiger partial charge is 0.402 e. The Balaban J connectivity index is 1.53. The van der Waals surface area contributed by atoms with Gasteiger partial charge in [0.05, 0.1) is 10.6 Å². The van der Waals surface area contributed by atoms with Crippen LogP contribution in [-0.2, 0) is 9.59 Å². The molecular formula is C17H12N4O4S. The van der Waals surface area contributed by atoms with Crippen molar-refractivity contribution < 1.29 is 18.8 Å². The molecule has 0 bridgehead atoms. The van der Waals surface area contributed by atoms with Crippen LogP contribution in [0.2, 0.25) is 0 Å². The number of hydrogen-bond donors (Lipinski definition) is 1. The van der Waals surface area contributed by atoms with Crippen molar-refractivity contribution in [3.05, 3.63) is 47.3 Å². The van der Waals surface area contributed by atoms with Crippen molar-refractivity contribution in [2.45, 2.75) is 12.8 Å². The van der Waals surface area contributed by atoms with E-state index in [2.05, 4.69) is 15.5 Å². The predicted octanol–water partition coefficient (Wildman–Crippen LogP) is 2.70. The van der Waals surface area contributed by atoms with Crippen LogP contribution >= 0.6 is 11.3 Å². The van der Waals surface area contributed by atoms with Gasteiger partial charge in [-0.25, -0.2) is 0 Å². The number of carbonyl (C=O) groups excluding carboxylic acids is 3. The lowest BCUT2D eigenvalue weighted by Gasteiger charge is -2.14. The van der Waals surface area contributed by atoms with Crippen LogP contribution < -0.4 is 10.2 Å². The highest BCUT2D eigenvalue weighted by Gasteiger charge is 2.30. The van der Waals surface area contributed by atoms with Crippen molar-refractivity contribution in [3.63, 3.8) is 0 Å². The molecule has 0 spiro atoms. The minimum Gasteiger partial charge on any atom is -0.402 e. The van der Waals surface area contributed by atoms with Gasteiger partial charge in [-0.3, -0.25) is 24.6 Å². The van der Waals surface area contributed by atoms with Crippen LogP contribution in [-0.4, -0.2) is 27.9 Å².